The molecule has 0 unspecified atom stereocenters. The van der Waals surface area contributed by atoms with Gasteiger partial charge in [0.15, 0.2) is 0 Å². The lowest BCUT2D eigenvalue weighted by atomic mass is 10.0. The van der Waals surface area contributed by atoms with Gasteiger partial charge in [-0.25, -0.2) is 0 Å². The van der Waals surface area contributed by atoms with Crippen molar-refractivity contribution < 1.29 is 0 Å². The van der Waals surface area contributed by atoms with Crippen LogP contribution in [0.4, 0.5) is 0 Å². The number of nitrogens with one attached hydrogen (secondary N) is 1. The predicted molar refractivity (Wildman–Crippen MR) is 72.4 cm³/mol. The Morgan fingerprint density at radius 3 is 2.41 bits per heavy atom. The second kappa shape index (κ2) is 5.38. The second-order valence-corrected chi connectivity index (χ2v) is 5.66. The molecule has 1 aromatic heterocycles. The molecular formula is C12H23ClN4. The van der Waals surface area contributed by atoms with Gasteiger partial charge < -0.3 is 10.2 Å². The van der Waals surface area contributed by atoms with Gasteiger partial charge in [-0.1, -0.05) is 11.6 Å². The van der Waals surface area contributed by atoms with Gasteiger partial charge in [0.25, 0.3) is 0 Å². The fraction of sp³-hybridized carbons (Fsp3) is 0.750. The maximum absolute atomic E-state index is 6.19. The Morgan fingerprint density at radius 1 is 1.41 bits per heavy atom. The third-order valence-corrected chi connectivity index (χ3v) is 3.81. The standard InChI is InChI=1S/C12H23ClN4/c1-9-11(13)10(17(6)15-9)7-14-8-12(2,3)16(4)5/h14H,7-8H2,1-6H3. The highest BCUT2D eigenvalue weighted by Crippen LogP contribution is 2.19. The summed E-state index contributed by atoms with van der Waals surface area (Å²) in [6.07, 6.45) is 0. The minimum Gasteiger partial charge on any atom is -0.309 e. The largest absolute Gasteiger partial charge is 0.309 e. The summed E-state index contributed by atoms with van der Waals surface area (Å²) >= 11 is 6.19. The minimum absolute atomic E-state index is 0.125. The van der Waals surface area contributed by atoms with Crippen LogP contribution in [-0.2, 0) is 13.6 Å². The zero-order chi connectivity index (χ0) is 13.2. The minimum atomic E-state index is 0.125. The van der Waals surface area contributed by atoms with Crippen molar-refractivity contribution >= 4 is 11.6 Å². The molecule has 1 N–H and O–H groups in total. The number of hydrogen-bond donors (Lipinski definition) is 1. The topological polar surface area (TPSA) is 33.1 Å². The van der Waals surface area contributed by atoms with Crippen molar-refractivity contribution in [2.24, 2.45) is 7.05 Å². The van der Waals surface area contributed by atoms with E-state index in [9.17, 15) is 0 Å². The van der Waals surface area contributed by atoms with E-state index in [4.69, 9.17) is 11.6 Å². The summed E-state index contributed by atoms with van der Waals surface area (Å²) in [5.74, 6) is 0. The summed E-state index contributed by atoms with van der Waals surface area (Å²) in [6.45, 7) is 7.98. The third kappa shape index (κ3) is 3.44. The highest BCUT2D eigenvalue weighted by atomic mass is 35.5. The molecule has 5 heteroatoms. The Kier molecular flexibility index (Phi) is 4.58. The lowest BCUT2D eigenvalue weighted by Gasteiger charge is -2.32. The Balaban J connectivity index is 2.57. The van der Waals surface area contributed by atoms with Gasteiger partial charge in [0.05, 0.1) is 16.4 Å². The number of aromatic nitrogens is 2. The van der Waals surface area contributed by atoms with Gasteiger partial charge in [-0.3, -0.25) is 4.68 Å². The fourth-order valence-electron chi connectivity index (χ4n) is 1.52. The number of likely N-dealkylation sites (N-methyl/N-ethyl adjacent to an activating group) is 1. The number of aryl methyl sites for hydroxylation is 2. The van der Waals surface area contributed by atoms with Crippen molar-refractivity contribution in [1.82, 2.24) is 20.0 Å². The van der Waals surface area contributed by atoms with E-state index in [-0.39, 0.29) is 5.54 Å². The van der Waals surface area contributed by atoms with Crippen molar-refractivity contribution in [2.75, 3.05) is 20.6 Å². The Labute approximate surface area is 109 Å². The van der Waals surface area contributed by atoms with Crippen molar-refractivity contribution in [3.8, 4) is 0 Å². The molecule has 4 nitrogen and oxygen atoms in total. The van der Waals surface area contributed by atoms with Gasteiger partial charge in [-0.15, -0.1) is 0 Å². The third-order valence-electron chi connectivity index (χ3n) is 3.32. The average molecular weight is 259 g/mol. The van der Waals surface area contributed by atoms with Gasteiger partial charge >= 0.3 is 0 Å². The molecule has 0 atom stereocenters. The van der Waals surface area contributed by atoms with Gasteiger partial charge in [0.2, 0.25) is 0 Å². The molecule has 0 aliphatic carbocycles. The molecule has 0 aromatic carbocycles. The molecule has 0 spiro atoms. The second-order valence-electron chi connectivity index (χ2n) is 5.28. The summed E-state index contributed by atoms with van der Waals surface area (Å²) in [4.78, 5) is 2.20. The predicted octanol–water partition coefficient (Wildman–Crippen LogP) is 1.81. The zero-order valence-electron chi connectivity index (χ0n) is 11.6. The first kappa shape index (κ1) is 14.5. The van der Waals surface area contributed by atoms with Crippen LogP contribution in [0, 0.1) is 6.92 Å². The molecule has 1 rings (SSSR count). The van der Waals surface area contributed by atoms with E-state index in [0.29, 0.717) is 0 Å². The van der Waals surface area contributed by atoms with Crippen LogP contribution in [0.25, 0.3) is 0 Å². The Bertz CT molecular complexity index is 382. The van der Waals surface area contributed by atoms with Gasteiger partial charge in [0, 0.05) is 25.7 Å². The molecule has 0 radical (unpaired) electrons. The van der Waals surface area contributed by atoms with Crippen molar-refractivity contribution in [3.63, 3.8) is 0 Å². The first-order chi connectivity index (χ1) is 7.75. The molecule has 98 valence electrons. The molecule has 0 amide bonds. The van der Waals surface area contributed by atoms with Crippen LogP contribution in [0.3, 0.4) is 0 Å². The molecule has 0 aliphatic rings. The molecule has 17 heavy (non-hydrogen) atoms. The lowest BCUT2D eigenvalue weighted by molar-refractivity contribution is 0.189. The maximum atomic E-state index is 6.19. The van der Waals surface area contributed by atoms with Crippen LogP contribution in [-0.4, -0.2) is 40.9 Å². The number of rotatable bonds is 5. The molecule has 0 aliphatic heterocycles. The first-order valence-electron chi connectivity index (χ1n) is 5.82. The molecule has 0 saturated heterocycles. The summed E-state index contributed by atoms with van der Waals surface area (Å²) in [7, 11) is 6.10. The molecule has 1 heterocycles. The normalized spacial score (nSPS) is 12.5. The van der Waals surface area contributed by atoms with E-state index >= 15 is 0 Å². The smallest absolute Gasteiger partial charge is 0.0860 e. The quantitative estimate of drug-likeness (QED) is 0.875. The van der Waals surface area contributed by atoms with Crippen LogP contribution in [0.2, 0.25) is 5.02 Å². The molecule has 0 fully saturated rings. The first-order valence-corrected chi connectivity index (χ1v) is 6.19. The Hall–Kier alpha value is -0.580. The Morgan fingerprint density at radius 2 is 2.00 bits per heavy atom. The van der Waals surface area contributed by atoms with E-state index < -0.39 is 0 Å². The van der Waals surface area contributed by atoms with Crippen LogP contribution in [0.1, 0.15) is 25.2 Å². The number of hydrogen-bond acceptors (Lipinski definition) is 3. The van der Waals surface area contributed by atoms with Crippen LogP contribution in [0.15, 0.2) is 0 Å². The molecule has 0 saturated carbocycles. The van der Waals surface area contributed by atoms with E-state index in [1.165, 1.54) is 0 Å². The van der Waals surface area contributed by atoms with Gasteiger partial charge in [-0.2, -0.15) is 5.10 Å². The maximum Gasteiger partial charge on any atom is 0.0860 e. The van der Waals surface area contributed by atoms with Gasteiger partial charge in [-0.05, 0) is 34.9 Å². The van der Waals surface area contributed by atoms with Crippen molar-refractivity contribution in [2.45, 2.75) is 32.9 Å². The highest BCUT2D eigenvalue weighted by molar-refractivity contribution is 6.31. The lowest BCUT2D eigenvalue weighted by Crippen LogP contribution is -2.46. The summed E-state index contributed by atoms with van der Waals surface area (Å²) < 4.78 is 1.84. The van der Waals surface area contributed by atoms with Crippen molar-refractivity contribution in [1.29, 1.82) is 0 Å². The molecule has 0 bridgehead atoms. The van der Waals surface area contributed by atoms with Crippen LogP contribution in [0.5, 0.6) is 0 Å². The summed E-state index contributed by atoms with van der Waals surface area (Å²) in [5.41, 5.74) is 2.05. The van der Waals surface area contributed by atoms with E-state index in [0.717, 1.165) is 29.5 Å². The zero-order valence-corrected chi connectivity index (χ0v) is 12.4. The van der Waals surface area contributed by atoms with E-state index in [1.54, 1.807) is 0 Å². The summed E-state index contributed by atoms with van der Waals surface area (Å²) in [6, 6.07) is 0. The van der Waals surface area contributed by atoms with Crippen LogP contribution < -0.4 is 5.32 Å². The SMILES string of the molecule is Cc1nn(C)c(CNCC(C)(C)N(C)C)c1Cl. The van der Waals surface area contributed by atoms with Crippen molar-refractivity contribution in [3.05, 3.63) is 16.4 Å². The number of halogens is 1. The van der Waals surface area contributed by atoms with E-state index in [1.807, 2.05) is 18.7 Å². The van der Waals surface area contributed by atoms with E-state index in [2.05, 4.69) is 43.3 Å². The number of nitrogens with zero attached hydrogens (tertiary/aromatic N) is 3. The summed E-state index contributed by atoms with van der Waals surface area (Å²) in [5, 5.41) is 8.49. The highest BCUT2D eigenvalue weighted by Gasteiger charge is 2.20. The average Bonchev–Trinajstić information content (AvgIpc) is 2.44. The fourth-order valence-corrected chi connectivity index (χ4v) is 1.74. The molecule has 1 aromatic rings. The monoisotopic (exact) mass is 258 g/mol. The molecular weight excluding hydrogens is 236 g/mol. The van der Waals surface area contributed by atoms with Gasteiger partial charge in [0.1, 0.15) is 0 Å². The van der Waals surface area contributed by atoms with Crippen LogP contribution >= 0.6 is 11.6 Å².